The molecule has 0 bridgehead atoms. The van der Waals surface area contributed by atoms with Crippen LogP contribution in [-0.4, -0.2) is 18.6 Å². The van der Waals surface area contributed by atoms with Crippen molar-refractivity contribution in [1.82, 2.24) is 0 Å². The third-order valence-electron chi connectivity index (χ3n) is 3.80. The summed E-state index contributed by atoms with van der Waals surface area (Å²) in [4.78, 5) is 11.9. The fraction of sp³-hybridized carbons (Fsp3) is 0.357. The zero-order chi connectivity index (χ0) is 12.8. The van der Waals surface area contributed by atoms with Crippen LogP contribution in [0.3, 0.4) is 0 Å². The molecule has 0 N–H and O–H groups in total. The first-order valence-electron chi connectivity index (χ1n) is 5.84. The number of thioether (sulfide) groups is 1. The van der Waals surface area contributed by atoms with E-state index >= 15 is 0 Å². The Balaban J connectivity index is 1.82. The van der Waals surface area contributed by atoms with E-state index in [9.17, 15) is 9.18 Å². The molecule has 2 atom stereocenters. The smallest absolute Gasteiger partial charge is 0.166 e. The first kappa shape index (κ1) is 11.8. The van der Waals surface area contributed by atoms with Crippen LogP contribution in [-0.2, 0) is 4.79 Å². The van der Waals surface area contributed by atoms with E-state index in [2.05, 4.69) is 0 Å². The maximum absolute atomic E-state index is 13.0. The van der Waals surface area contributed by atoms with Gasteiger partial charge in [-0.15, -0.1) is 0 Å². The minimum Gasteiger partial charge on any atom is -0.497 e. The van der Waals surface area contributed by atoms with Crippen LogP contribution in [0.4, 0.5) is 4.39 Å². The predicted octanol–water partition coefficient (Wildman–Crippen LogP) is 3.30. The molecular weight excluding hydrogens is 251 g/mol. The van der Waals surface area contributed by atoms with Crippen molar-refractivity contribution in [2.45, 2.75) is 12.3 Å². The monoisotopic (exact) mass is 264 g/mol. The number of allylic oxidation sites excluding steroid dienone is 1. The van der Waals surface area contributed by atoms with E-state index in [1.165, 1.54) is 0 Å². The lowest BCUT2D eigenvalue weighted by atomic mass is 9.96. The van der Waals surface area contributed by atoms with E-state index < -0.39 is 0 Å². The molecule has 1 aliphatic heterocycles. The number of methoxy groups -OCH3 is 1. The van der Waals surface area contributed by atoms with Crippen molar-refractivity contribution < 1.29 is 13.9 Å². The Labute approximate surface area is 109 Å². The van der Waals surface area contributed by atoms with Crippen LogP contribution in [0.15, 0.2) is 35.5 Å². The van der Waals surface area contributed by atoms with Crippen molar-refractivity contribution in [2.75, 3.05) is 12.9 Å². The molecule has 18 heavy (non-hydrogen) atoms. The summed E-state index contributed by atoms with van der Waals surface area (Å²) in [7, 11) is 1.63. The van der Waals surface area contributed by atoms with Gasteiger partial charge in [0.2, 0.25) is 0 Å². The number of ketones is 1. The van der Waals surface area contributed by atoms with Crippen molar-refractivity contribution in [3.63, 3.8) is 0 Å². The number of halogens is 1. The summed E-state index contributed by atoms with van der Waals surface area (Å²) in [5.74, 6) is 1.54. The highest BCUT2D eigenvalue weighted by molar-refractivity contribution is 8.03. The Bertz CT molecular complexity index is 523. The molecule has 2 aliphatic rings. The number of carbonyl (C=O) groups is 1. The maximum Gasteiger partial charge on any atom is 0.166 e. The summed E-state index contributed by atoms with van der Waals surface area (Å²) in [6.45, 7) is 0. The normalized spacial score (nSPS) is 30.2. The van der Waals surface area contributed by atoms with Gasteiger partial charge in [0, 0.05) is 11.8 Å². The first-order chi connectivity index (χ1) is 8.65. The van der Waals surface area contributed by atoms with Gasteiger partial charge in [-0.05, 0) is 30.0 Å². The molecule has 0 unspecified atom stereocenters. The SMILES string of the molecule is COc1ccc([C@H]2C[C@@]23CSC(F)=CC3=O)cc1. The Morgan fingerprint density at radius 1 is 1.39 bits per heavy atom. The zero-order valence-electron chi connectivity index (χ0n) is 9.98. The Morgan fingerprint density at radius 2 is 2.11 bits per heavy atom. The molecule has 0 saturated heterocycles. The maximum atomic E-state index is 13.0. The summed E-state index contributed by atoms with van der Waals surface area (Å²) >= 11 is 1.15. The molecule has 1 spiro atoms. The van der Waals surface area contributed by atoms with Crippen LogP contribution in [0, 0.1) is 5.41 Å². The van der Waals surface area contributed by atoms with Crippen molar-refractivity contribution in [3.8, 4) is 5.75 Å². The highest BCUT2D eigenvalue weighted by Gasteiger charge is 2.60. The summed E-state index contributed by atoms with van der Waals surface area (Å²) in [5, 5.41) is -0.356. The molecular formula is C14H13FO2S. The van der Waals surface area contributed by atoms with Crippen molar-refractivity contribution in [2.24, 2.45) is 5.41 Å². The van der Waals surface area contributed by atoms with Gasteiger partial charge < -0.3 is 4.74 Å². The largest absolute Gasteiger partial charge is 0.497 e. The molecule has 2 nitrogen and oxygen atoms in total. The van der Waals surface area contributed by atoms with E-state index in [0.29, 0.717) is 5.75 Å². The molecule has 1 saturated carbocycles. The van der Waals surface area contributed by atoms with Crippen LogP contribution in [0.2, 0.25) is 0 Å². The molecule has 0 radical (unpaired) electrons. The lowest BCUT2D eigenvalue weighted by molar-refractivity contribution is -0.119. The third-order valence-corrected chi connectivity index (χ3v) is 4.85. The van der Waals surface area contributed by atoms with Crippen molar-refractivity contribution in [1.29, 1.82) is 0 Å². The van der Waals surface area contributed by atoms with Gasteiger partial charge >= 0.3 is 0 Å². The van der Waals surface area contributed by atoms with Crippen LogP contribution in [0.5, 0.6) is 5.75 Å². The van der Waals surface area contributed by atoms with E-state index in [1.54, 1.807) is 7.11 Å². The average molecular weight is 264 g/mol. The fourth-order valence-electron chi connectivity index (χ4n) is 2.57. The second-order valence-electron chi connectivity index (χ2n) is 4.79. The second-order valence-corrected chi connectivity index (χ2v) is 5.75. The molecule has 0 aromatic heterocycles. The average Bonchev–Trinajstić information content (AvgIpc) is 3.11. The quantitative estimate of drug-likeness (QED) is 0.820. The van der Waals surface area contributed by atoms with Gasteiger partial charge in [-0.3, -0.25) is 4.79 Å². The van der Waals surface area contributed by atoms with E-state index in [4.69, 9.17) is 4.74 Å². The molecule has 3 rings (SSSR count). The van der Waals surface area contributed by atoms with Gasteiger partial charge in [0.1, 0.15) is 5.75 Å². The minimum atomic E-state index is -0.356. The topological polar surface area (TPSA) is 26.3 Å². The molecule has 1 aromatic carbocycles. The van der Waals surface area contributed by atoms with Crippen molar-refractivity contribution in [3.05, 3.63) is 41.1 Å². The van der Waals surface area contributed by atoms with Gasteiger partial charge in [0.15, 0.2) is 10.9 Å². The molecule has 94 valence electrons. The summed E-state index contributed by atoms with van der Waals surface area (Å²) in [6.07, 6.45) is 1.98. The summed E-state index contributed by atoms with van der Waals surface area (Å²) in [5.41, 5.74) is 0.787. The first-order valence-corrected chi connectivity index (χ1v) is 6.83. The Hall–Kier alpha value is -1.29. The molecule has 1 heterocycles. The number of ether oxygens (including phenoxy) is 1. The van der Waals surface area contributed by atoms with Gasteiger partial charge in [0.05, 0.1) is 12.5 Å². The van der Waals surface area contributed by atoms with Crippen LogP contribution < -0.4 is 4.74 Å². The summed E-state index contributed by atoms with van der Waals surface area (Å²) in [6, 6.07) is 7.78. The molecule has 1 fully saturated rings. The van der Waals surface area contributed by atoms with E-state index in [1.807, 2.05) is 24.3 Å². The Kier molecular flexibility index (Phi) is 2.70. The number of hydrogen-bond acceptors (Lipinski definition) is 3. The Morgan fingerprint density at radius 3 is 2.72 bits per heavy atom. The van der Waals surface area contributed by atoms with Gasteiger partial charge in [-0.1, -0.05) is 23.9 Å². The summed E-state index contributed by atoms with van der Waals surface area (Å²) < 4.78 is 18.1. The standard InChI is InChI=1S/C14H13FO2S/c1-17-10-4-2-9(3-5-10)11-7-14(11)8-18-13(15)6-12(14)16/h2-6,11H,7-8H2,1H3/t11-,14-/m1/s1. The van der Waals surface area contributed by atoms with Crippen LogP contribution >= 0.6 is 11.8 Å². The number of benzene rings is 1. The van der Waals surface area contributed by atoms with Crippen LogP contribution in [0.25, 0.3) is 0 Å². The molecule has 4 heteroatoms. The molecule has 1 aromatic rings. The predicted molar refractivity (Wildman–Crippen MR) is 69.4 cm³/mol. The van der Waals surface area contributed by atoms with Gasteiger partial charge in [-0.2, -0.15) is 4.39 Å². The fourth-order valence-corrected chi connectivity index (χ4v) is 3.61. The number of hydrogen-bond donors (Lipinski definition) is 0. The number of carbonyl (C=O) groups excluding carboxylic acids is 1. The highest BCUT2D eigenvalue weighted by Crippen LogP contribution is 2.63. The molecule has 0 amide bonds. The van der Waals surface area contributed by atoms with Gasteiger partial charge in [-0.25, -0.2) is 0 Å². The minimum absolute atomic E-state index is 0.0560. The lowest BCUT2D eigenvalue weighted by Gasteiger charge is -2.17. The third kappa shape index (κ3) is 1.75. The van der Waals surface area contributed by atoms with Crippen LogP contribution in [0.1, 0.15) is 17.9 Å². The van der Waals surface area contributed by atoms with E-state index in [-0.39, 0.29) is 22.3 Å². The highest BCUT2D eigenvalue weighted by atomic mass is 32.2. The lowest BCUT2D eigenvalue weighted by Crippen LogP contribution is -2.21. The number of rotatable bonds is 2. The van der Waals surface area contributed by atoms with Gasteiger partial charge in [0.25, 0.3) is 0 Å². The second kappa shape index (κ2) is 4.12. The zero-order valence-corrected chi connectivity index (χ0v) is 10.8. The molecule has 1 aliphatic carbocycles. The van der Waals surface area contributed by atoms with Crippen molar-refractivity contribution >= 4 is 17.5 Å². The van der Waals surface area contributed by atoms with E-state index in [0.717, 1.165) is 35.6 Å².